The summed E-state index contributed by atoms with van der Waals surface area (Å²) in [5.74, 6) is 6.58. The first-order valence-corrected chi connectivity index (χ1v) is 10.1. The van der Waals surface area contributed by atoms with E-state index in [0.29, 0.717) is 0 Å². The molecule has 0 spiro atoms. The molecule has 0 saturated heterocycles. The van der Waals surface area contributed by atoms with Crippen LogP contribution in [0.4, 0.5) is 0 Å². The van der Waals surface area contributed by atoms with Crippen LogP contribution in [0.1, 0.15) is 9.75 Å². The first kappa shape index (κ1) is 14.0. The van der Waals surface area contributed by atoms with Crippen molar-refractivity contribution >= 4 is 45.3 Å². The van der Waals surface area contributed by atoms with Gasteiger partial charge in [-0.05, 0) is 59.0 Å². The maximum Gasteiger partial charge on any atom is 0.0779 e. The van der Waals surface area contributed by atoms with Crippen LogP contribution in [0.25, 0.3) is 19.5 Å². The Morgan fingerprint density at radius 2 is 1.05 bits per heavy atom. The minimum absolute atomic E-state index is 1.12. The largest absolute Gasteiger partial charge is 0.143 e. The van der Waals surface area contributed by atoms with E-state index in [4.69, 9.17) is 0 Å². The van der Waals surface area contributed by atoms with E-state index in [2.05, 4.69) is 71.1 Å². The van der Waals surface area contributed by atoms with Crippen molar-refractivity contribution < 1.29 is 0 Å². The molecule has 4 aromatic rings. The van der Waals surface area contributed by atoms with Gasteiger partial charge in [0.05, 0.1) is 9.75 Å². The highest BCUT2D eigenvalue weighted by Gasteiger charge is 2.03. The Morgan fingerprint density at radius 1 is 0.545 bits per heavy atom. The molecule has 0 atom stereocenters. The lowest BCUT2D eigenvalue weighted by Crippen LogP contribution is -1.62. The van der Waals surface area contributed by atoms with E-state index in [1.165, 1.54) is 19.5 Å². The molecule has 4 heteroatoms. The maximum absolute atomic E-state index is 3.29. The van der Waals surface area contributed by atoms with Crippen molar-refractivity contribution in [3.05, 3.63) is 69.0 Å². The van der Waals surface area contributed by atoms with Crippen molar-refractivity contribution in [3.8, 4) is 31.3 Å². The molecule has 0 unspecified atom stereocenters. The second kappa shape index (κ2) is 6.23. The Labute approximate surface area is 145 Å². The highest BCUT2D eigenvalue weighted by molar-refractivity contribution is 7.22. The quantitative estimate of drug-likeness (QED) is 0.353. The summed E-state index contributed by atoms with van der Waals surface area (Å²) in [6, 6.07) is 17.0. The third-order valence-electron chi connectivity index (χ3n) is 3.05. The van der Waals surface area contributed by atoms with E-state index in [9.17, 15) is 0 Å². The van der Waals surface area contributed by atoms with Crippen LogP contribution in [0.15, 0.2) is 59.3 Å². The van der Waals surface area contributed by atoms with Crippen LogP contribution in [-0.4, -0.2) is 0 Å². The van der Waals surface area contributed by atoms with Gasteiger partial charge in [0.15, 0.2) is 0 Å². The summed E-state index contributed by atoms with van der Waals surface area (Å²) in [6.45, 7) is 0. The fourth-order valence-corrected chi connectivity index (χ4v) is 5.42. The van der Waals surface area contributed by atoms with Crippen molar-refractivity contribution in [2.45, 2.75) is 0 Å². The number of thiophene rings is 4. The molecule has 0 aromatic carbocycles. The summed E-state index contributed by atoms with van der Waals surface area (Å²) in [4.78, 5) is 7.46. The first-order valence-electron chi connectivity index (χ1n) is 6.68. The van der Waals surface area contributed by atoms with Crippen LogP contribution >= 0.6 is 45.3 Å². The van der Waals surface area contributed by atoms with Crippen LogP contribution < -0.4 is 0 Å². The summed E-state index contributed by atoms with van der Waals surface area (Å²) >= 11 is 7.06. The lowest BCUT2D eigenvalue weighted by Gasteiger charge is -1.87. The van der Waals surface area contributed by atoms with Gasteiger partial charge in [0, 0.05) is 19.5 Å². The summed E-state index contributed by atoms with van der Waals surface area (Å²) in [5.41, 5.74) is 0. The standard InChI is InChI=1S/C18H10S4/c1-3-15(19-11-1)17-9-7-13(21-17)5-6-14-8-10-18(22-14)16-4-2-12-20-16/h1-4,7-12H. The summed E-state index contributed by atoms with van der Waals surface area (Å²) in [7, 11) is 0. The smallest absolute Gasteiger partial charge is 0.0779 e. The van der Waals surface area contributed by atoms with Crippen molar-refractivity contribution in [1.82, 2.24) is 0 Å². The second-order valence-corrected chi connectivity index (χ2v) is 8.60. The van der Waals surface area contributed by atoms with E-state index >= 15 is 0 Å². The minimum Gasteiger partial charge on any atom is -0.143 e. The van der Waals surface area contributed by atoms with Gasteiger partial charge in [-0.3, -0.25) is 0 Å². The fourth-order valence-electron chi connectivity index (χ4n) is 2.04. The molecular formula is C18H10S4. The zero-order valence-electron chi connectivity index (χ0n) is 11.4. The van der Waals surface area contributed by atoms with Crippen molar-refractivity contribution in [2.24, 2.45) is 0 Å². The van der Waals surface area contributed by atoms with Crippen LogP contribution in [0.5, 0.6) is 0 Å². The first-order chi connectivity index (χ1) is 10.9. The van der Waals surface area contributed by atoms with Gasteiger partial charge >= 0.3 is 0 Å². The van der Waals surface area contributed by atoms with Gasteiger partial charge in [0.1, 0.15) is 0 Å². The number of rotatable bonds is 2. The SMILES string of the molecule is C(#Cc1ccc(-c2cccs2)s1)c1ccc(-c2cccs2)s1. The summed E-state index contributed by atoms with van der Waals surface area (Å²) in [5, 5.41) is 4.22. The average molecular weight is 355 g/mol. The number of hydrogen-bond donors (Lipinski definition) is 0. The molecule has 0 nitrogen and oxygen atoms in total. The Hall–Kier alpha value is -1.64. The monoisotopic (exact) mass is 354 g/mol. The molecule has 0 aliphatic rings. The lowest BCUT2D eigenvalue weighted by molar-refractivity contribution is 1.88. The molecule has 4 heterocycles. The molecular weight excluding hydrogens is 344 g/mol. The molecule has 0 aliphatic heterocycles. The molecule has 0 saturated carbocycles. The van der Waals surface area contributed by atoms with Gasteiger partial charge in [0.25, 0.3) is 0 Å². The van der Waals surface area contributed by atoms with E-state index in [1.54, 1.807) is 45.3 Å². The molecule has 0 aliphatic carbocycles. The highest BCUT2D eigenvalue weighted by atomic mass is 32.1. The zero-order chi connectivity index (χ0) is 14.8. The van der Waals surface area contributed by atoms with Gasteiger partial charge in [-0.25, -0.2) is 0 Å². The number of hydrogen-bond acceptors (Lipinski definition) is 4. The lowest BCUT2D eigenvalue weighted by atomic mass is 10.3. The molecule has 106 valence electrons. The van der Waals surface area contributed by atoms with E-state index in [1.807, 2.05) is 0 Å². The molecule has 0 fully saturated rings. The minimum atomic E-state index is 1.12. The van der Waals surface area contributed by atoms with Crippen LogP contribution in [0.2, 0.25) is 0 Å². The maximum atomic E-state index is 3.29. The van der Waals surface area contributed by atoms with Crippen LogP contribution in [0, 0.1) is 11.8 Å². The normalized spacial score (nSPS) is 10.4. The second-order valence-electron chi connectivity index (χ2n) is 4.53. The van der Waals surface area contributed by atoms with Gasteiger partial charge in [-0.15, -0.1) is 45.3 Å². The predicted molar refractivity (Wildman–Crippen MR) is 101 cm³/mol. The van der Waals surface area contributed by atoms with Gasteiger partial charge in [0.2, 0.25) is 0 Å². The predicted octanol–water partition coefficient (Wildman–Crippen LogP) is 6.67. The van der Waals surface area contributed by atoms with Crippen molar-refractivity contribution in [3.63, 3.8) is 0 Å². The molecule has 0 bridgehead atoms. The molecule has 0 N–H and O–H groups in total. The Morgan fingerprint density at radius 3 is 1.45 bits per heavy atom. The van der Waals surface area contributed by atoms with Crippen molar-refractivity contribution in [2.75, 3.05) is 0 Å². The van der Waals surface area contributed by atoms with E-state index in [-0.39, 0.29) is 0 Å². The van der Waals surface area contributed by atoms with Gasteiger partial charge in [-0.2, -0.15) is 0 Å². The van der Waals surface area contributed by atoms with E-state index < -0.39 is 0 Å². The fraction of sp³-hybridized carbons (Fsp3) is 0. The molecule has 4 aromatic heterocycles. The van der Waals surface area contributed by atoms with E-state index in [0.717, 1.165) is 9.75 Å². The molecule has 0 radical (unpaired) electrons. The van der Waals surface area contributed by atoms with Crippen molar-refractivity contribution in [1.29, 1.82) is 0 Å². The average Bonchev–Trinajstić information content (AvgIpc) is 3.33. The van der Waals surface area contributed by atoms with Crippen LogP contribution in [-0.2, 0) is 0 Å². The van der Waals surface area contributed by atoms with Gasteiger partial charge < -0.3 is 0 Å². The molecule has 4 rings (SSSR count). The van der Waals surface area contributed by atoms with Crippen LogP contribution in [0.3, 0.4) is 0 Å². The highest BCUT2D eigenvalue weighted by Crippen LogP contribution is 2.32. The molecule has 0 amide bonds. The zero-order valence-corrected chi connectivity index (χ0v) is 14.7. The third kappa shape index (κ3) is 2.94. The third-order valence-corrected chi connectivity index (χ3v) is 7.18. The summed E-state index contributed by atoms with van der Waals surface area (Å²) < 4.78 is 0. The summed E-state index contributed by atoms with van der Waals surface area (Å²) in [6.07, 6.45) is 0. The Bertz CT molecular complexity index is 848. The van der Waals surface area contributed by atoms with Gasteiger partial charge in [-0.1, -0.05) is 12.1 Å². The molecule has 22 heavy (non-hydrogen) atoms. The Balaban J connectivity index is 1.56. The topological polar surface area (TPSA) is 0 Å². The Kier molecular flexibility index (Phi) is 3.96.